The molecule has 0 unspecified atom stereocenters. The van der Waals surface area contributed by atoms with Crippen molar-refractivity contribution in [2.24, 2.45) is 4.99 Å². The summed E-state index contributed by atoms with van der Waals surface area (Å²) < 4.78 is 10.4. The largest absolute Gasteiger partial charge is 0.382 e. The quantitative estimate of drug-likeness (QED) is 0.340. The number of aliphatic imine (C=N–C) groups is 1. The fourth-order valence-corrected chi connectivity index (χ4v) is 2.60. The highest BCUT2D eigenvalue weighted by Crippen LogP contribution is 2.22. The maximum absolute atomic E-state index is 5.47. The van der Waals surface area contributed by atoms with Crippen molar-refractivity contribution < 1.29 is 9.47 Å². The average Bonchev–Trinajstić information content (AvgIpc) is 2.66. The second-order valence-corrected chi connectivity index (χ2v) is 7.10. The van der Waals surface area contributed by atoms with Crippen LogP contribution >= 0.6 is 0 Å². The highest BCUT2D eigenvalue weighted by Gasteiger charge is 2.20. The number of methoxy groups -OCH3 is 1. The average molecular weight is 364 g/mol. The van der Waals surface area contributed by atoms with E-state index in [1.165, 1.54) is 11.1 Å². The summed E-state index contributed by atoms with van der Waals surface area (Å²) in [5.41, 5.74) is 2.76. The summed E-state index contributed by atoms with van der Waals surface area (Å²) in [4.78, 5) is 4.32. The van der Waals surface area contributed by atoms with Gasteiger partial charge in [0, 0.05) is 39.3 Å². The Morgan fingerprint density at radius 3 is 2.38 bits per heavy atom. The highest BCUT2D eigenvalue weighted by molar-refractivity contribution is 5.79. The second kappa shape index (κ2) is 12.7. The van der Waals surface area contributed by atoms with E-state index >= 15 is 0 Å². The minimum atomic E-state index is 0.0408. The molecule has 5 heteroatoms. The summed E-state index contributed by atoms with van der Waals surface area (Å²) in [7, 11) is 3.50. The first-order valence-electron chi connectivity index (χ1n) is 9.64. The van der Waals surface area contributed by atoms with Gasteiger partial charge in [0.15, 0.2) is 5.96 Å². The zero-order valence-electron chi connectivity index (χ0n) is 17.2. The molecule has 0 bridgehead atoms. The first kappa shape index (κ1) is 22.5. The van der Waals surface area contributed by atoms with Gasteiger partial charge in [-0.25, -0.2) is 0 Å². The van der Waals surface area contributed by atoms with Crippen LogP contribution in [0, 0.1) is 0 Å². The zero-order chi connectivity index (χ0) is 19.3. The van der Waals surface area contributed by atoms with Gasteiger partial charge < -0.3 is 20.1 Å². The van der Waals surface area contributed by atoms with Crippen LogP contribution in [0.15, 0.2) is 29.3 Å². The standard InChI is InChI=1S/C21H37N3O2/c1-6-18-9-11-19(12-10-18)21(2,3)17-24-20(22-4)23-13-7-8-14-26-16-15-25-5/h9-12H,6-8,13-17H2,1-5H3,(H2,22,23,24). The molecule has 0 radical (unpaired) electrons. The Hall–Kier alpha value is -1.59. The molecule has 0 saturated carbocycles. The van der Waals surface area contributed by atoms with Crippen LogP contribution in [0.25, 0.3) is 0 Å². The second-order valence-electron chi connectivity index (χ2n) is 7.10. The van der Waals surface area contributed by atoms with Crippen LogP contribution in [0.2, 0.25) is 0 Å². The molecule has 0 amide bonds. The van der Waals surface area contributed by atoms with Gasteiger partial charge in [0.2, 0.25) is 0 Å². The Labute approximate surface area is 159 Å². The lowest BCUT2D eigenvalue weighted by atomic mass is 9.84. The van der Waals surface area contributed by atoms with Crippen molar-refractivity contribution in [1.82, 2.24) is 10.6 Å². The van der Waals surface area contributed by atoms with Gasteiger partial charge in [-0.05, 0) is 30.4 Å². The summed E-state index contributed by atoms with van der Waals surface area (Å²) in [6.07, 6.45) is 3.16. The topological polar surface area (TPSA) is 54.9 Å². The van der Waals surface area contributed by atoms with Crippen LogP contribution in [0.1, 0.15) is 44.7 Å². The normalized spacial score (nSPS) is 12.3. The van der Waals surface area contributed by atoms with E-state index < -0.39 is 0 Å². The lowest BCUT2D eigenvalue weighted by Gasteiger charge is -2.27. The van der Waals surface area contributed by atoms with Crippen molar-refractivity contribution in [3.05, 3.63) is 35.4 Å². The van der Waals surface area contributed by atoms with Crippen molar-refractivity contribution >= 4 is 5.96 Å². The molecule has 26 heavy (non-hydrogen) atoms. The van der Waals surface area contributed by atoms with Crippen molar-refractivity contribution in [1.29, 1.82) is 0 Å². The van der Waals surface area contributed by atoms with Gasteiger partial charge in [-0.15, -0.1) is 0 Å². The van der Waals surface area contributed by atoms with Crippen LogP contribution < -0.4 is 10.6 Å². The Morgan fingerprint density at radius 1 is 1.04 bits per heavy atom. The van der Waals surface area contributed by atoms with Crippen molar-refractivity contribution in [2.75, 3.05) is 47.1 Å². The molecule has 0 spiro atoms. The van der Waals surface area contributed by atoms with Gasteiger partial charge in [-0.2, -0.15) is 0 Å². The number of hydrogen-bond donors (Lipinski definition) is 2. The van der Waals surface area contributed by atoms with Gasteiger partial charge in [0.1, 0.15) is 0 Å². The minimum Gasteiger partial charge on any atom is -0.382 e. The fourth-order valence-electron chi connectivity index (χ4n) is 2.60. The molecule has 0 heterocycles. The minimum absolute atomic E-state index is 0.0408. The number of rotatable bonds is 12. The fraction of sp³-hybridized carbons (Fsp3) is 0.667. The Morgan fingerprint density at radius 2 is 1.77 bits per heavy atom. The monoisotopic (exact) mass is 363 g/mol. The van der Waals surface area contributed by atoms with Crippen molar-refractivity contribution in [3.8, 4) is 0 Å². The van der Waals surface area contributed by atoms with Crippen molar-refractivity contribution in [3.63, 3.8) is 0 Å². The third-order valence-electron chi connectivity index (χ3n) is 4.50. The summed E-state index contributed by atoms with van der Waals surface area (Å²) in [6.45, 7) is 10.5. The number of nitrogens with one attached hydrogen (secondary N) is 2. The number of ether oxygens (including phenoxy) is 2. The van der Waals surface area contributed by atoms with Gasteiger partial charge in [-0.3, -0.25) is 4.99 Å². The molecular weight excluding hydrogens is 326 g/mol. The Bertz CT molecular complexity index is 512. The smallest absolute Gasteiger partial charge is 0.191 e. The van der Waals surface area contributed by atoms with Crippen LogP contribution in [0.5, 0.6) is 0 Å². The van der Waals surface area contributed by atoms with E-state index in [2.05, 4.69) is 60.7 Å². The lowest BCUT2D eigenvalue weighted by molar-refractivity contribution is 0.0689. The van der Waals surface area contributed by atoms with Gasteiger partial charge in [0.05, 0.1) is 13.2 Å². The number of unbranched alkanes of at least 4 members (excludes halogenated alkanes) is 1. The summed E-state index contributed by atoms with van der Waals surface area (Å²) in [6, 6.07) is 8.91. The van der Waals surface area contributed by atoms with E-state index in [9.17, 15) is 0 Å². The van der Waals surface area contributed by atoms with Gasteiger partial charge >= 0.3 is 0 Å². The van der Waals surface area contributed by atoms with Gasteiger partial charge in [0.25, 0.3) is 0 Å². The molecular formula is C21H37N3O2. The molecule has 0 aliphatic heterocycles. The molecule has 2 N–H and O–H groups in total. The Kier molecular flexibility index (Phi) is 11.0. The van der Waals surface area contributed by atoms with Crippen LogP contribution in [0.4, 0.5) is 0 Å². The predicted molar refractivity (Wildman–Crippen MR) is 110 cm³/mol. The molecule has 0 fully saturated rings. The van der Waals surface area contributed by atoms with Crippen LogP contribution in [-0.2, 0) is 21.3 Å². The van der Waals surface area contributed by atoms with Crippen molar-refractivity contribution in [2.45, 2.75) is 45.4 Å². The molecule has 0 aliphatic rings. The number of hydrogen-bond acceptors (Lipinski definition) is 3. The molecule has 5 nitrogen and oxygen atoms in total. The number of aryl methyl sites for hydroxylation is 1. The van der Waals surface area contributed by atoms with E-state index in [-0.39, 0.29) is 5.41 Å². The summed E-state index contributed by atoms with van der Waals surface area (Å²) in [5, 5.41) is 6.82. The number of benzene rings is 1. The van der Waals surface area contributed by atoms with E-state index in [1.54, 1.807) is 7.11 Å². The third kappa shape index (κ3) is 8.68. The molecule has 1 rings (SSSR count). The van der Waals surface area contributed by atoms with Crippen LogP contribution in [-0.4, -0.2) is 53.0 Å². The third-order valence-corrected chi connectivity index (χ3v) is 4.50. The summed E-state index contributed by atoms with van der Waals surface area (Å²) >= 11 is 0. The molecule has 1 aromatic carbocycles. The molecule has 148 valence electrons. The molecule has 0 atom stereocenters. The molecule has 1 aromatic rings. The first-order chi connectivity index (χ1) is 12.5. The van der Waals surface area contributed by atoms with E-state index in [0.29, 0.717) is 13.2 Å². The van der Waals surface area contributed by atoms with E-state index in [4.69, 9.17) is 9.47 Å². The highest BCUT2D eigenvalue weighted by atomic mass is 16.5. The molecule has 0 aromatic heterocycles. The lowest BCUT2D eigenvalue weighted by Crippen LogP contribution is -2.43. The van der Waals surface area contributed by atoms with E-state index in [1.807, 2.05) is 7.05 Å². The predicted octanol–water partition coefficient (Wildman–Crippen LogP) is 3.13. The van der Waals surface area contributed by atoms with E-state index in [0.717, 1.165) is 44.9 Å². The molecule has 0 saturated heterocycles. The maximum Gasteiger partial charge on any atom is 0.191 e. The SMILES string of the molecule is CCc1ccc(C(C)(C)CNC(=NC)NCCCCOCCOC)cc1. The van der Waals surface area contributed by atoms with Gasteiger partial charge in [-0.1, -0.05) is 45.0 Å². The maximum atomic E-state index is 5.47. The zero-order valence-corrected chi connectivity index (χ0v) is 17.2. The Balaban J connectivity index is 2.29. The molecule has 0 aliphatic carbocycles. The number of nitrogens with zero attached hydrogens (tertiary/aromatic N) is 1. The summed E-state index contributed by atoms with van der Waals surface area (Å²) in [5.74, 6) is 0.851. The first-order valence-corrected chi connectivity index (χ1v) is 9.64. The number of guanidine groups is 1. The van der Waals surface area contributed by atoms with Crippen LogP contribution in [0.3, 0.4) is 0 Å².